The zero-order valence-corrected chi connectivity index (χ0v) is 17.6. The minimum atomic E-state index is -0.976. The molecule has 2 aromatic carbocycles. The Morgan fingerprint density at radius 3 is 2.48 bits per heavy atom. The van der Waals surface area contributed by atoms with Crippen LogP contribution in [0.1, 0.15) is 25.0 Å². The highest BCUT2D eigenvalue weighted by molar-refractivity contribution is 6.30. The third-order valence-corrected chi connectivity index (χ3v) is 5.25. The van der Waals surface area contributed by atoms with Gasteiger partial charge in [-0.3, -0.25) is 0 Å². The van der Waals surface area contributed by atoms with Crippen molar-refractivity contribution in [2.24, 2.45) is 5.92 Å². The summed E-state index contributed by atoms with van der Waals surface area (Å²) < 4.78 is 5.34. The Bertz CT molecular complexity index is 770. The molecule has 0 aliphatic heterocycles. The Morgan fingerprint density at radius 1 is 1.22 bits per heavy atom. The quantitative estimate of drug-likeness (QED) is 0.697. The number of rotatable bonds is 8. The molecule has 0 heterocycles. The van der Waals surface area contributed by atoms with Crippen LogP contribution in [-0.4, -0.2) is 43.4 Å². The second-order valence-electron chi connectivity index (χ2n) is 7.49. The second kappa shape index (κ2) is 9.41. The molecule has 1 N–H and O–H groups in total. The number of benzene rings is 2. The maximum absolute atomic E-state index is 11.8. The lowest BCUT2D eigenvalue weighted by atomic mass is 9.77. The number of halogens is 1. The lowest BCUT2D eigenvalue weighted by Gasteiger charge is -2.37. The van der Waals surface area contributed by atoms with E-state index < -0.39 is 5.60 Å². The maximum Gasteiger partial charge on any atom is 0.119 e. The molecule has 2 rings (SSSR count). The molecular weight excluding hydrogens is 358 g/mol. The highest BCUT2D eigenvalue weighted by atomic mass is 35.5. The fourth-order valence-electron chi connectivity index (χ4n) is 3.43. The van der Waals surface area contributed by atoms with E-state index in [4.69, 9.17) is 16.3 Å². The summed E-state index contributed by atoms with van der Waals surface area (Å²) in [6.07, 6.45) is 2.57. The Morgan fingerprint density at radius 2 is 1.89 bits per heavy atom. The smallest absolute Gasteiger partial charge is 0.119 e. The van der Waals surface area contributed by atoms with Gasteiger partial charge in [-0.25, -0.2) is 0 Å². The Kier molecular flexibility index (Phi) is 7.49. The largest absolute Gasteiger partial charge is 0.497 e. The first-order chi connectivity index (χ1) is 12.7. The van der Waals surface area contributed by atoms with Gasteiger partial charge in [0.15, 0.2) is 0 Å². The van der Waals surface area contributed by atoms with Crippen LogP contribution in [0.4, 0.5) is 0 Å². The highest BCUT2D eigenvalue weighted by Gasteiger charge is 2.36. The molecule has 0 aliphatic carbocycles. The van der Waals surface area contributed by atoms with Crippen molar-refractivity contribution in [2.45, 2.75) is 25.9 Å². The molecule has 146 valence electrons. The van der Waals surface area contributed by atoms with E-state index >= 15 is 0 Å². The van der Waals surface area contributed by atoms with Crippen LogP contribution in [0.25, 0.3) is 6.08 Å². The summed E-state index contributed by atoms with van der Waals surface area (Å²) >= 11 is 5.99. The van der Waals surface area contributed by atoms with Crippen molar-refractivity contribution in [1.82, 2.24) is 4.90 Å². The molecule has 3 nitrogen and oxygen atoms in total. The first-order valence-electron chi connectivity index (χ1n) is 9.19. The number of hydrogen-bond acceptors (Lipinski definition) is 3. The molecule has 0 radical (unpaired) electrons. The van der Waals surface area contributed by atoms with Crippen LogP contribution < -0.4 is 4.74 Å². The monoisotopic (exact) mass is 387 g/mol. The molecule has 0 bridgehead atoms. The third kappa shape index (κ3) is 5.83. The van der Waals surface area contributed by atoms with Gasteiger partial charge in [0.2, 0.25) is 0 Å². The van der Waals surface area contributed by atoms with Gasteiger partial charge in [0.25, 0.3) is 0 Å². The Labute approximate surface area is 168 Å². The Hall–Kier alpha value is -1.81. The van der Waals surface area contributed by atoms with E-state index in [-0.39, 0.29) is 5.92 Å². The number of ether oxygens (including phenoxy) is 1. The van der Waals surface area contributed by atoms with E-state index in [0.29, 0.717) is 11.4 Å². The minimum Gasteiger partial charge on any atom is -0.497 e. The number of nitrogens with zero attached hydrogens (tertiary/aromatic N) is 1. The van der Waals surface area contributed by atoms with Crippen LogP contribution in [0, 0.1) is 5.92 Å². The lowest BCUT2D eigenvalue weighted by molar-refractivity contribution is 0.0149. The number of methoxy groups -OCH3 is 1. The SMILES string of the molecule is COc1cccc(CC(O)(C(C)=Cc2ccc(Cl)cc2)C(C)CN(C)C)c1. The minimum absolute atomic E-state index is 0.0438. The molecule has 2 atom stereocenters. The van der Waals surface area contributed by atoms with Crippen LogP contribution >= 0.6 is 11.6 Å². The molecular formula is C23H30ClNO2. The van der Waals surface area contributed by atoms with Crippen molar-refractivity contribution in [3.05, 3.63) is 70.3 Å². The number of aliphatic hydroxyl groups is 1. The summed E-state index contributed by atoms with van der Waals surface area (Å²) in [5.41, 5.74) is 2.03. The van der Waals surface area contributed by atoms with Crippen LogP contribution in [-0.2, 0) is 6.42 Å². The average Bonchev–Trinajstić information content (AvgIpc) is 2.63. The lowest BCUT2D eigenvalue weighted by Crippen LogP contribution is -2.44. The van der Waals surface area contributed by atoms with E-state index in [1.54, 1.807) is 7.11 Å². The Balaban J connectivity index is 2.40. The van der Waals surface area contributed by atoms with E-state index in [0.717, 1.165) is 29.0 Å². The average molecular weight is 388 g/mol. The fourth-order valence-corrected chi connectivity index (χ4v) is 3.55. The molecule has 0 fully saturated rings. The maximum atomic E-state index is 11.8. The molecule has 27 heavy (non-hydrogen) atoms. The summed E-state index contributed by atoms with van der Waals surface area (Å²) in [5.74, 6) is 0.844. The van der Waals surface area contributed by atoms with Crippen molar-refractivity contribution >= 4 is 17.7 Å². The van der Waals surface area contributed by atoms with Gasteiger partial charge in [0.05, 0.1) is 12.7 Å². The van der Waals surface area contributed by atoms with Crippen LogP contribution in [0.15, 0.2) is 54.1 Å². The predicted molar refractivity (Wildman–Crippen MR) is 114 cm³/mol. The van der Waals surface area contributed by atoms with Crippen molar-refractivity contribution in [2.75, 3.05) is 27.7 Å². The molecule has 2 unspecified atom stereocenters. The molecule has 4 heteroatoms. The third-order valence-electron chi connectivity index (χ3n) is 5.00. The summed E-state index contributed by atoms with van der Waals surface area (Å²) in [7, 11) is 5.72. The zero-order valence-electron chi connectivity index (χ0n) is 16.9. The molecule has 2 aromatic rings. The van der Waals surface area contributed by atoms with Gasteiger partial charge in [0, 0.05) is 23.9 Å². The topological polar surface area (TPSA) is 32.7 Å². The molecule has 0 aliphatic rings. The van der Waals surface area contributed by atoms with Crippen molar-refractivity contribution in [3.63, 3.8) is 0 Å². The standard InChI is InChI=1S/C23H30ClNO2/c1-17(13-19-9-11-21(24)12-10-19)23(26,18(2)16-25(3)4)15-20-7-6-8-22(14-20)27-5/h6-14,18,26H,15-16H2,1-5H3. The van der Waals surface area contributed by atoms with Gasteiger partial charge in [-0.05, 0) is 62.0 Å². The molecule has 0 amide bonds. The van der Waals surface area contributed by atoms with Crippen LogP contribution in [0.2, 0.25) is 5.02 Å². The highest BCUT2D eigenvalue weighted by Crippen LogP contribution is 2.33. The molecule has 0 spiro atoms. The van der Waals surface area contributed by atoms with Gasteiger partial charge >= 0.3 is 0 Å². The zero-order chi connectivity index (χ0) is 20.0. The molecule has 0 saturated carbocycles. The normalized spacial score (nSPS) is 15.5. The van der Waals surface area contributed by atoms with Crippen molar-refractivity contribution in [1.29, 1.82) is 0 Å². The first kappa shape index (κ1) is 21.5. The van der Waals surface area contributed by atoms with Crippen molar-refractivity contribution in [3.8, 4) is 5.75 Å². The van der Waals surface area contributed by atoms with E-state index in [9.17, 15) is 5.11 Å². The van der Waals surface area contributed by atoms with Crippen molar-refractivity contribution < 1.29 is 9.84 Å². The first-order valence-corrected chi connectivity index (χ1v) is 9.57. The van der Waals surface area contributed by atoms with Gasteiger partial charge in [-0.15, -0.1) is 0 Å². The van der Waals surface area contributed by atoms with Gasteiger partial charge in [-0.2, -0.15) is 0 Å². The van der Waals surface area contributed by atoms with E-state index in [1.165, 1.54) is 0 Å². The van der Waals surface area contributed by atoms with E-state index in [1.807, 2.05) is 75.6 Å². The van der Waals surface area contributed by atoms with Crippen LogP contribution in [0.5, 0.6) is 5.75 Å². The molecule has 0 aromatic heterocycles. The predicted octanol–water partition coefficient (Wildman–Crippen LogP) is 4.92. The summed E-state index contributed by atoms with van der Waals surface area (Å²) in [6, 6.07) is 15.6. The van der Waals surface area contributed by atoms with Gasteiger partial charge < -0.3 is 14.7 Å². The molecule has 0 saturated heterocycles. The van der Waals surface area contributed by atoms with Gasteiger partial charge in [0.1, 0.15) is 5.75 Å². The van der Waals surface area contributed by atoms with Crippen LogP contribution in [0.3, 0.4) is 0 Å². The van der Waals surface area contributed by atoms with Gasteiger partial charge in [-0.1, -0.05) is 48.9 Å². The second-order valence-corrected chi connectivity index (χ2v) is 7.93. The van der Waals surface area contributed by atoms with E-state index in [2.05, 4.69) is 11.8 Å². The summed E-state index contributed by atoms with van der Waals surface area (Å²) in [5, 5.41) is 12.5. The fraction of sp³-hybridized carbons (Fsp3) is 0.391. The summed E-state index contributed by atoms with van der Waals surface area (Å²) in [6.45, 7) is 4.88. The number of hydrogen-bond donors (Lipinski definition) is 1. The summed E-state index contributed by atoms with van der Waals surface area (Å²) in [4.78, 5) is 2.11.